The molecule has 1 aliphatic rings. The molecule has 1 heterocycles. The summed E-state index contributed by atoms with van der Waals surface area (Å²) in [6, 6.07) is 0. The van der Waals surface area contributed by atoms with E-state index in [4.69, 9.17) is 18.9 Å². The number of carbonyl (C=O) groups excluding carboxylic acids is 1. The van der Waals surface area contributed by atoms with Gasteiger partial charge in [0.1, 0.15) is 31.0 Å². The lowest BCUT2D eigenvalue weighted by molar-refractivity contribution is -0.298. The summed E-state index contributed by atoms with van der Waals surface area (Å²) < 4.78 is 20.1. The van der Waals surface area contributed by atoms with Crippen molar-refractivity contribution < 1.29 is 34.0 Å². The summed E-state index contributed by atoms with van der Waals surface area (Å²) in [5, 5.41) is 19.5. The van der Waals surface area contributed by atoms with Crippen LogP contribution in [0.1, 0.15) is 14.9 Å². The largest absolute Gasteiger partial charge is 0.460 e. The number of methoxy groups -OCH3 is 2. The molecule has 0 amide bonds. The summed E-state index contributed by atoms with van der Waals surface area (Å²) >= 11 is 0. The lowest BCUT2D eigenvalue weighted by atomic mass is 9.99. The minimum absolute atomic E-state index is 0. The van der Waals surface area contributed by atoms with Crippen molar-refractivity contribution in [3.05, 3.63) is 12.7 Å². The fraction of sp³-hybridized carbons (Fsp3) is 0.769. The third-order valence-electron chi connectivity index (χ3n) is 2.70. The molecule has 5 atom stereocenters. The van der Waals surface area contributed by atoms with Gasteiger partial charge in [-0.25, -0.2) is 4.79 Å². The highest BCUT2D eigenvalue weighted by molar-refractivity contribution is 5.81. The first kappa shape index (κ1) is 21.3. The van der Waals surface area contributed by atoms with Gasteiger partial charge in [-0.2, -0.15) is 0 Å². The molecule has 0 aromatic heterocycles. The molecule has 1 saturated heterocycles. The molecular weight excluding hydrogens is 268 g/mol. The molecule has 0 aromatic carbocycles. The normalized spacial score (nSPS) is 32.5. The van der Waals surface area contributed by atoms with Crippen LogP contribution in [0.3, 0.4) is 0 Å². The summed E-state index contributed by atoms with van der Waals surface area (Å²) in [4.78, 5) is 11.0. The molecule has 7 nitrogen and oxygen atoms in total. The fourth-order valence-electron chi connectivity index (χ4n) is 1.75. The molecule has 1 fully saturated rings. The molecule has 1 rings (SSSR count). The van der Waals surface area contributed by atoms with Crippen LogP contribution in [0.15, 0.2) is 12.7 Å². The zero-order valence-corrected chi connectivity index (χ0v) is 10.3. The maximum absolute atomic E-state index is 11.0. The van der Waals surface area contributed by atoms with Crippen molar-refractivity contribution in [2.75, 3.05) is 20.8 Å². The Bertz CT molecular complexity index is 294. The molecule has 0 saturated carbocycles. The van der Waals surface area contributed by atoms with Crippen molar-refractivity contribution in [1.82, 2.24) is 0 Å². The first-order valence-electron chi connectivity index (χ1n) is 5.41. The second-order valence-electron chi connectivity index (χ2n) is 3.79. The van der Waals surface area contributed by atoms with E-state index in [1.165, 1.54) is 14.2 Å². The van der Waals surface area contributed by atoms with Gasteiger partial charge in [0.2, 0.25) is 0 Å². The van der Waals surface area contributed by atoms with Gasteiger partial charge >= 0.3 is 5.97 Å². The zero-order chi connectivity index (χ0) is 13.7. The molecule has 0 aromatic rings. The summed E-state index contributed by atoms with van der Waals surface area (Å²) in [5.41, 5.74) is 0. The average molecular weight is 294 g/mol. The lowest BCUT2D eigenvalue weighted by Gasteiger charge is -2.40. The van der Waals surface area contributed by atoms with Gasteiger partial charge in [-0.3, -0.25) is 0 Å². The molecule has 0 spiro atoms. The summed E-state index contributed by atoms with van der Waals surface area (Å²) in [6.07, 6.45) is -3.96. The highest BCUT2D eigenvalue weighted by Gasteiger charge is 2.45. The van der Waals surface area contributed by atoms with Crippen molar-refractivity contribution in [1.29, 1.82) is 0 Å². The fourth-order valence-corrected chi connectivity index (χ4v) is 1.75. The number of ether oxygens (including phenoxy) is 4. The molecule has 20 heavy (non-hydrogen) atoms. The SMILES string of the molecule is C.C.C=CC(=O)OCC1OC(OC)C(O)C(O)C1OC. The predicted molar refractivity (Wildman–Crippen MR) is 73.1 cm³/mol. The summed E-state index contributed by atoms with van der Waals surface area (Å²) in [5.74, 6) is -0.608. The predicted octanol–water partition coefficient (Wildman–Crippen LogP) is 0.0959. The number of aliphatic hydroxyl groups excluding tert-OH is 2. The van der Waals surface area contributed by atoms with E-state index in [0.717, 1.165) is 6.08 Å². The van der Waals surface area contributed by atoms with Gasteiger partial charge in [-0.1, -0.05) is 21.4 Å². The lowest BCUT2D eigenvalue weighted by Crippen LogP contribution is -2.59. The van der Waals surface area contributed by atoms with Crippen LogP contribution in [-0.2, 0) is 23.7 Å². The van der Waals surface area contributed by atoms with Crippen molar-refractivity contribution in [2.45, 2.75) is 45.6 Å². The Morgan fingerprint density at radius 3 is 2.30 bits per heavy atom. The van der Waals surface area contributed by atoms with Crippen molar-refractivity contribution in [3.63, 3.8) is 0 Å². The van der Waals surface area contributed by atoms with Gasteiger partial charge in [0.15, 0.2) is 6.29 Å². The number of hydrogen-bond acceptors (Lipinski definition) is 7. The molecular formula is C13H26O7. The van der Waals surface area contributed by atoms with Crippen LogP contribution in [-0.4, -0.2) is 67.7 Å². The minimum Gasteiger partial charge on any atom is -0.460 e. The Labute approximate surface area is 120 Å². The van der Waals surface area contributed by atoms with Crippen molar-refractivity contribution in [3.8, 4) is 0 Å². The Kier molecular flexibility index (Phi) is 10.5. The Morgan fingerprint density at radius 2 is 1.85 bits per heavy atom. The minimum atomic E-state index is -1.23. The number of carbonyl (C=O) groups is 1. The molecule has 120 valence electrons. The van der Waals surface area contributed by atoms with E-state index in [0.29, 0.717) is 0 Å². The molecule has 0 radical (unpaired) electrons. The van der Waals surface area contributed by atoms with Crippen LogP contribution in [0.2, 0.25) is 0 Å². The van der Waals surface area contributed by atoms with E-state index in [1.54, 1.807) is 0 Å². The number of rotatable bonds is 5. The van der Waals surface area contributed by atoms with E-state index < -0.39 is 36.7 Å². The maximum atomic E-state index is 11.0. The first-order valence-corrected chi connectivity index (χ1v) is 5.41. The molecule has 2 N–H and O–H groups in total. The molecule has 1 aliphatic heterocycles. The van der Waals surface area contributed by atoms with Crippen LogP contribution in [0.5, 0.6) is 0 Å². The summed E-state index contributed by atoms with van der Waals surface area (Å²) in [7, 11) is 2.69. The van der Waals surface area contributed by atoms with E-state index in [-0.39, 0.29) is 21.5 Å². The van der Waals surface area contributed by atoms with Crippen molar-refractivity contribution in [2.24, 2.45) is 0 Å². The molecule has 7 heteroatoms. The van der Waals surface area contributed by atoms with Gasteiger partial charge in [0.05, 0.1) is 0 Å². The standard InChI is InChI=1S/C11H18O7.2CH4/c1-4-7(12)17-5-6-10(15-2)8(13)9(14)11(16-3)18-6;;/h4,6,8-11,13-14H,1,5H2,2-3H3;2*1H4. The van der Waals surface area contributed by atoms with Crippen molar-refractivity contribution >= 4 is 5.97 Å². The van der Waals surface area contributed by atoms with Crippen LogP contribution in [0, 0.1) is 0 Å². The Hall–Kier alpha value is -0.990. The smallest absolute Gasteiger partial charge is 0.330 e. The van der Waals surface area contributed by atoms with Gasteiger partial charge in [0, 0.05) is 20.3 Å². The second kappa shape index (κ2) is 9.84. The van der Waals surface area contributed by atoms with E-state index >= 15 is 0 Å². The third-order valence-corrected chi connectivity index (χ3v) is 2.70. The molecule has 0 aliphatic carbocycles. The van der Waals surface area contributed by atoms with Crippen LogP contribution in [0.4, 0.5) is 0 Å². The summed E-state index contributed by atoms with van der Waals surface area (Å²) in [6.45, 7) is 3.13. The van der Waals surface area contributed by atoms with Gasteiger partial charge in [0.25, 0.3) is 0 Å². The average Bonchev–Trinajstić information content (AvgIpc) is 2.39. The quantitative estimate of drug-likeness (QED) is 0.548. The van der Waals surface area contributed by atoms with Crippen LogP contribution < -0.4 is 0 Å². The highest BCUT2D eigenvalue weighted by atomic mass is 16.7. The van der Waals surface area contributed by atoms with Gasteiger partial charge < -0.3 is 29.2 Å². The number of aliphatic hydroxyl groups is 2. The molecule has 0 bridgehead atoms. The van der Waals surface area contributed by atoms with Crippen LogP contribution in [0.25, 0.3) is 0 Å². The van der Waals surface area contributed by atoms with E-state index in [9.17, 15) is 15.0 Å². The Balaban J connectivity index is 0. The number of hydrogen-bond donors (Lipinski definition) is 2. The first-order chi connectivity index (χ1) is 8.54. The van der Waals surface area contributed by atoms with E-state index in [1.807, 2.05) is 0 Å². The zero-order valence-electron chi connectivity index (χ0n) is 10.3. The third kappa shape index (κ3) is 4.84. The Morgan fingerprint density at radius 1 is 1.25 bits per heavy atom. The van der Waals surface area contributed by atoms with Crippen LogP contribution >= 0.6 is 0 Å². The maximum Gasteiger partial charge on any atom is 0.330 e. The molecule has 5 unspecified atom stereocenters. The van der Waals surface area contributed by atoms with E-state index in [2.05, 4.69) is 6.58 Å². The topological polar surface area (TPSA) is 94.5 Å². The van der Waals surface area contributed by atoms with Gasteiger partial charge in [-0.05, 0) is 0 Å². The number of esters is 1. The second-order valence-corrected chi connectivity index (χ2v) is 3.79. The highest BCUT2D eigenvalue weighted by Crippen LogP contribution is 2.23. The van der Waals surface area contributed by atoms with Gasteiger partial charge in [-0.15, -0.1) is 0 Å². The monoisotopic (exact) mass is 294 g/mol.